The summed E-state index contributed by atoms with van der Waals surface area (Å²) in [6, 6.07) is 1.73. The first-order valence-corrected chi connectivity index (χ1v) is 9.71. The Morgan fingerprint density at radius 3 is 2.54 bits per heavy atom. The van der Waals surface area contributed by atoms with Gasteiger partial charge in [0.25, 0.3) is 5.56 Å². The standard InChI is InChI=1S/C15H15F3N2O5S/c1-26(23,24)7-20-13(21)9-5-8(12-3-2-4-25-12)10(15(16,17)18)6-11(9)19-14(20)22/h5-6,12H,2-4,7H2,1H3,(H,19,22). The van der Waals surface area contributed by atoms with Gasteiger partial charge in [-0.3, -0.25) is 4.79 Å². The minimum absolute atomic E-state index is 0.197. The van der Waals surface area contributed by atoms with Crippen molar-refractivity contribution < 1.29 is 26.3 Å². The summed E-state index contributed by atoms with van der Waals surface area (Å²) in [5, 5.41) is -0.202. The van der Waals surface area contributed by atoms with Gasteiger partial charge in [0, 0.05) is 12.9 Å². The number of fused-ring (bicyclic) bond motifs is 1. The monoisotopic (exact) mass is 392 g/mol. The Bertz CT molecular complexity index is 1080. The van der Waals surface area contributed by atoms with E-state index in [4.69, 9.17) is 4.74 Å². The van der Waals surface area contributed by atoms with Crippen molar-refractivity contribution in [2.45, 2.75) is 31.0 Å². The summed E-state index contributed by atoms with van der Waals surface area (Å²) >= 11 is 0. The van der Waals surface area contributed by atoms with Gasteiger partial charge in [0.15, 0.2) is 9.84 Å². The molecule has 3 rings (SSSR count). The van der Waals surface area contributed by atoms with Crippen molar-refractivity contribution in [3.05, 3.63) is 44.1 Å². The van der Waals surface area contributed by atoms with E-state index in [9.17, 15) is 31.2 Å². The van der Waals surface area contributed by atoms with Crippen LogP contribution in [0.25, 0.3) is 10.9 Å². The zero-order valence-electron chi connectivity index (χ0n) is 13.6. The van der Waals surface area contributed by atoms with Crippen LogP contribution < -0.4 is 11.2 Å². The minimum atomic E-state index is -4.70. The molecule has 11 heteroatoms. The predicted octanol–water partition coefficient (Wildman–Crippen LogP) is 1.56. The fourth-order valence-electron chi connectivity index (χ4n) is 3.00. The van der Waals surface area contributed by atoms with Crippen molar-refractivity contribution >= 4 is 20.7 Å². The van der Waals surface area contributed by atoms with E-state index in [1.807, 2.05) is 0 Å². The topological polar surface area (TPSA) is 98.2 Å². The van der Waals surface area contributed by atoms with Crippen molar-refractivity contribution in [3.8, 4) is 0 Å². The van der Waals surface area contributed by atoms with Gasteiger partial charge in [-0.1, -0.05) is 0 Å². The highest BCUT2D eigenvalue weighted by Crippen LogP contribution is 2.40. The van der Waals surface area contributed by atoms with Crippen molar-refractivity contribution in [1.82, 2.24) is 9.55 Å². The third-order valence-corrected chi connectivity index (χ3v) is 4.82. The average Bonchev–Trinajstić information content (AvgIpc) is 3.03. The van der Waals surface area contributed by atoms with Crippen LogP contribution >= 0.6 is 0 Å². The molecule has 1 aliphatic heterocycles. The first kappa shape index (κ1) is 18.6. The number of ether oxygens (including phenoxy) is 1. The number of sulfone groups is 1. The fourth-order valence-corrected chi connectivity index (χ4v) is 3.71. The molecule has 1 N–H and O–H groups in total. The molecule has 1 unspecified atom stereocenters. The number of hydrogen-bond acceptors (Lipinski definition) is 5. The van der Waals surface area contributed by atoms with E-state index in [0.717, 1.165) is 12.3 Å². The molecule has 1 fully saturated rings. The lowest BCUT2D eigenvalue weighted by molar-refractivity contribution is -0.139. The molecule has 26 heavy (non-hydrogen) atoms. The summed E-state index contributed by atoms with van der Waals surface area (Å²) in [6.45, 7) is 0.309. The number of benzene rings is 1. The molecule has 1 saturated heterocycles. The van der Waals surface area contributed by atoms with Crippen LogP contribution in [-0.4, -0.2) is 30.8 Å². The smallest absolute Gasteiger partial charge is 0.374 e. The van der Waals surface area contributed by atoms with E-state index < -0.39 is 44.8 Å². The molecule has 1 aromatic heterocycles. The predicted molar refractivity (Wildman–Crippen MR) is 86.6 cm³/mol. The third kappa shape index (κ3) is 3.54. The van der Waals surface area contributed by atoms with Crippen molar-refractivity contribution in [3.63, 3.8) is 0 Å². The van der Waals surface area contributed by atoms with Crippen LogP contribution in [0.4, 0.5) is 13.2 Å². The maximum atomic E-state index is 13.4. The number of H-pyrrole nitrogens is 1. The molecule has 142 valence electrons. The Morgan fingerprint density at radius 1 is 1.31 bits per heavy atom. The molecule has 0 amide bonds. The number of alkyl halides is 3. The van der Waals surface area contributed by atoms with Gasteiger partial charge in [0.05, 0.1) is 22.6 Å². The second-order valence-corrected chi connectivity index (χ2v) is 8.31. The zero-order valence-corrected chi connectivity index (χ0v) is 14.4. The Labute approximate surface area is 145 Å². The van der Waals surface area contributed by atoms with Crippen molar-refractivity contribution in [2.24, 2.45) is 0 Å². The lowest BCUT2D eigenvalue weighted by Crippen LogP contribution is -2.37. The second-order valence-electron chi connectivity index (χ2n) is 6.20. The Balaban J connectivity index is 2.32. The van der Waals surface area contributed by atoms with Gasteiger partial charge in [-0.15, -0.1) is 0 Å². The highest BCUT2D eigenvalue weighted by atomic mass is 32.2. The van der Waals surface area contributed by atoms with E-state index in [2.05, 4.69) is 4.98 Å². The zero-order chi connectivity index (χ0) is 19.3. The summed E-state index contributed by atoms with van der Waals surface area (Å²) in [5.41, 5.74) is -3.56. The van der Waals surface area contributed by atoms with Gasteiger partial charge >= 0.3 is 11.9 Å². The molecule has 0 bridgehead atoms. The van der Waals surface area contributed by atoms with Crippen LogP contribution in [0, 0.1) is 0 Å². The number of nitrogens with one attached hydrogen (secondary N) is 1. The second kappa shape index (κ2) is 6.23. The summed E-state index contributed by atoms with van der Waals surface area (Å²) in [4.78, 5) is 26.6. The van der Waals surface area contributed by atoms with Gasteiger partial charge < -0.3 is 9.72 Å². The van der Waals surface area contributed by atoms with Crippen LogP contribution in [0.2, 0.25) is 0 Å². The molecule has 0 spiro atoms. The Hall–Kier alpha value is -2.14. The van der Waals surface area contributed by atoms with Gasteiger partial charge in [0.2, 0.25) is 0 Å². The van der Waals surface area contributed by atoms with E-state index >= 15 is 0 Å². The third-order valence-electron chi connectivity index (χ3n) is 4.10. The number of nitrogens with zero attached hydrogens (tertiary/aromatic N) is 1. The molecule has 1 aromatic carbocycles. The van der Waals surface area contributed by atoms with E-state index in [-0.39, 0.29) is 16.5 Å². The molecular formula is C15H15F3N2O5S. The SMILES string of the molecule is CS(=O)(=O)Cn1c(=O)[nH]c2cc(C(F)(F)F)c(C3CCCO3)cc2c1=O. The molecule has 2 aromatic rings. The molecular weight excluding hydrogens is 377 g/mol. The van der Waals surface area contributed by atoms with Crippen LogP contribution in [0.3, 0.4) is 0 Å². The van der Waals surface area contributed by atoms with Crippen LogP contribution in [0.1, 0.15) is 30.1 Å². The molecule has 1 aliphatic rings. The van der Waals surface area contributed by atoms with E-state index in [1.54, 1.807) is 0 Å². The maximum absolute atomic E-state index is 13.4. The minimum Gasteiger partial charge on any atom is -0.374 e. The molecule has 7 nitrogen and oxygen atoms in total. The quantitative estimate of drug-likeness (QED) is 0.855. The van der Waals surface area contributed by atoms with Crippen molar-refractivity contribution in [2.75, 3.05) is 12.9 Å². The lowest BCUT2D eigenvalue weighted by atomic mass is 9.97. The van der Waals surface area contributed by atoms with Crippen LogP contribution in [0.5, 0.6) is 0 Å². The fraction of sp³-hybridized carbons (Fsp3) is 0.467. The molecule has 0 saturated carbocycles. The van der Waals surface area contributed by atoms with E-state index in [1.165, 1.54) is 0 Å². The maximum Gasteiger partial charge on any atom is 0.416 e. The lowest BCUT2D eigenvalue weighted by Gasteiger charge is -2.18. The number of halogens is 3. The summed E-state index contributed by atoms with van der Waals surface area (Å²) in [7, 11) is -3.71. The highest BCUT2D eigenvalue weighted by Gasteiger charge is 2.37. The largest absolute Gasteiger partial charge is 0.416 e. The number of hydrogen-bond donors (Lipinski definition) is 1. The van der Waals surface area contributed by atoms with Gasteiger partial charge in [0.1, 0.15) is 5.88 Å². The summed E-state index contributed by atoms with van der Waals surface area (Å²) in [6.07, 6.45) is -3.72. The molecule has 0 aliphatic carbocycles. The number of aromatic amines is 1. The molecule has 2 heterocycles. The van der Waals surface area contributed by atoms with Crippen LogP contribution in [-0.2, 0) is 26.6 Å². The number of aromatic nitrogens is 2. The summed E-state index contributed by atoms with van der Waals surface area (Å²) in [5.74, 6) is -0.868. The van der Waals surface area contributed by atoms with Crippen molar-refractivity contribution in [1.29, 1.82) is 0 Å². The molecule has 0 radical (unpaired) electrons. The Kier molecular flexibility index (Phi) is 4.47. The van der Waals surface area contributed by atoms with Crippen LogP contribution in [0.15, 0.2) is 21.7 Å². The summed E-state index contributed by atoms with van der Waals surface area (Å²) < 4.78 is 68.9. The van der Waals surface area contributed by atoms with Gasteiger partial charge in [-0.2, -0.15) is 13.2 Å². The first-order chi connectivity index (χ1) is 12.0. The average molecular weight is 392 g/mol. The van der Waals surface area contributed by atoms with Gasteiger partial charge in [-0.05, 0) is 30.5 Å². The van der Waals surface area contributed by atoms with Gasteiger partial charge in [-0.25, -0.2) is 17.8 Å². The highest BCUT2D eigenvalue weighted by molar-refractivity contribution is 7.89. The normalized spacial score (nSPS) is 18.5. The molecule has 1 atom stereocenters. The van der Waals surface area contributed by atoms with E-state index in [0.29, 0.717) is 30.1 Å². The first-order valence-electron chi connectivity index (χ1n) is 7.64. The Morgan fingerprint density at radius 2 is 2.00 bits per heavy atom. The number of rotatable bonds is 3.